The lowest BCUT2D eigenvalue weighted by molar-refractivity contribution is -0.135. The SMILES string of the molecule is Cc1[nH]c2ccccc2c1CC(=O)N(CCO)C1CCC1. The number of aliphatic hydroxyl groups excluding tert-OH is 1. The van der Waals surface area contributed by atoms with E-state index >= 15 is 0 Å². The van der Waals surface area contributed by atoms with Crippen LogP contribution in [-0.2, 0) is 11.2 Å². The van der Waals surface area contributed by atoms with E-state index in [9.17, 15) is 9.90 Å². The van der Waals surface area contributed by atoms with Gasteiger partial charge < -0.3 is 15.0 Å². The zero-order chi connectivity index (χ0) is 14.8. The quantitative estimate of drug-likeness (QED) is 0.886. The highest BCUT2D eigenvalue weighted by atomic mass is 16.3. The lowest BCUT2D eigenvalue weighted by atomic mass is 9.91. The molecule has 112 valence electrons. The molecule has 1 aliphatic carbocycles. The number of aryl methyl sites for hydroxylation is 1. The number of aromatic amines is 1. The molecular formula is C17H22N2O2. The number of benzene rings is 1. The Morgan fingerprint density at radius 2 is 2.14 bits per heavy atom. The van der Waals surface area contributed by atoms with Crippen molar-refractivity contribution in [2.24, 2.45) is 0 Å². The predicted octanol–water partition coefficient (Wildman–Crippen LogP) is 2.39. The molecular weight excluding hydrogens is 264 g/mol. The fourth-order valence-electron chi connectivity index (χ4n) is 3.13. The van der Waals surface area contributed by atoms with E-state index in [2.05, 4.69) is 11.1 Å². The molecule has 0 radical (unpaired) electrons. The summed E-state index contributed by atoms with van der Waals surface area (Å²) >= 11 is 0. The standard InChI is InChI=1S/C17H22N2O2/c1-12-15(14-7-2-3-8-16(14)18-12)11-17(21)19(9-10-20)13-5-4-6-13/h2-3,7-8,13,18,20H,4-6,9-11H2,1H3. The second-order valence-corrected chi connectivity index (χ2v) is 5.85. The maximum Gasteiger partial charge on any atom is 0.227 e. The van der Waals surface area contributed by atoms with Gasteiger partial charge in [0.1, 0.15) is 0 Å². The number of H-pyrrole nitrogens is 1. The maximum atomic E-state index is 12.6. The second-order valence-electron chi connectivity index (χ2n) is 5.85. The van der Waals surface area contributed by atoms with Crippen LogP contribution >= 0.6 is 0 Å². The van der Waals surface area contributed by atoms with E-state index in [4.69, 9.17) is 0 Å². The maximum absolute atomic E-state index is 12.6. The minimum absolute atomic E-state index is 0.0368. The molecule has 1 aromatic carbocycles. The van der Waals surface area contributed by atoms with Crippen LogP contribution in [0.5, 0.6) is 0 Å². The highest BCUT2D eigenvalue weighted by molar-refractivity contribution is 5.90. The minimum Gasteiger partial charge on any atom is -0.395 e. The molecule has 4 heteroatoms. The molecule has 1 saturated carbocycles. The Morgan fingerprint density at radius 3 is 2.81 bits per heavy atom. The smallest absolute Gasteiger partial charge is 0.227 e. The molecule has 21 heavy (non-hydrogen) atoms. The van der Waals surface area contributed by atoms with Crippen molar-refractivity contribution >= 4 is 16.8 Å². The van der Waals surface area contributed by atoms with Crippen LogP contribution in [0.25, 0.3) is 10.9 Å². The summed E-state index contributed by atoms with van der Waals surface area (Å²) in [6.07, 6.45) is 3.73. The molecule has 3 rings (SSSR count). The number of aromatic nitrogens is 1. The van der Waals surface area contributed by atoms with Crippen LogP contribution in [0.15, 0.2) is 24.3 Å². The monoisotopic (exact) mass is 286 g/mol. The number of carbonyl (C=O) groups excluding carboxylic acids is 1. The number of hydrogen-bond donors (Lipinski definition) is 2. The lowest BCUT2D eigenvalue weighted by Gasteiger charge is -2.37. The Balaban J connectivity index is 1.83. The molecule has 0 aliphatic heterocycles. The fourth-order valence-corrected chi connectivity index (χ4v) is 3.13. The van der Waals surface area contributed by atoms with Crippen molar-refractivity contribution in [1.82, 2.24) is 9.88 Å². The molecule has 0 unspecified atom stereocenters. The summed E-state index contributed by atoms with van der Waals surface area (Å²) in [5.41, 5.74) is 3.22. The number of fused-ring (bicyclic) bond motifs is 1. The van der Waals surface area contributed by atoms with Crippen molar-refractivity contribution in [2.75, 3.05) is 13.2 Å². The van der Waals surface area contributed by atoms with Crippen molar-refractivity contribution < 1.29 is 9.90 Å². The van der Waals surface area contributed by atoms with Crippen LogP contribution in [0, 0.1) is 6.92 Å². The number of amides is 1. The van der Waals surface area contributed by atoms with E-state index in [-0.39, 0.29) is 12.5 Å². The number of aliphatic hydroxyl groups is 1. The summed E-state index contributed by atoms with van der Waals surface area (Å²) in [6, 6.07) is 8.42. The first-order valence-electron chi connectivity index (χ1n) is 7.67. The van der Waals surface area contributed by atoms with E-state index in [1.165, 1.54) is 6.42 Å². The van der Waals surface area contributed by atoms with Crippen LogP contribution in [0.3, 0.4) is 0 Å². The van der Waals surface area contributed by atoms with Gasteiger partial charge in [0, 0.05) is 29.2 Å². The van der Waals surface area contributed by atoms with Gasteiger partial charge >= 0.3 is 0 Å². The zero-order valence-corrected chi connectivity index (χ0v) is 12.4. The van der Waals surface area contributed by atoms with Crippen molar-refractivity contribution in [3.05, 3.63) is 35.5 Å². The molecule has 2 N–H and O–H groups in total. The summed E-state index contributed by atoms with van der Waals surface area (Å²) in [4.78, 5) is 17.8. The third-order valence-electron chi connectivity index (χ3n) is 4.53. The topological polar surface area (TPSA) is 56.3 Å². The van der Waals surface area contributed by atoms with E-state index in [1.807, 2.05) is 30.0 Å². The van der Waals surface area contributed by atoms with Gasteiger partial charge in [0.15, 0.2) is 0 Å². The Labute approximate surface area is 124 Å². The second kappa shape index (κ2) is 5.90. The van der Waals surface area contributed by atoms with Gasteiger partial charge in [-0.3, -0.25) is 4.79 Å². The van der Waals surface area contributed by atoms with Gasteiger partial charge in [-0.05, 0) is 37.8 Å². The van der Waals surface area contributed by atoms with Gasteiger partial charge in [-0.2, -0.15) is 0 Å². The first kappa shape index (κ1) is 14.1. The minimum atomic E-state index is 0.0368. The molecule has 0 saturated heterocycles. The number of nitrogens with zero attached hydrogens (tertiary/aromatic N) is 1. The molecule has 4 nitrogen and oxygen atoms in total. The van der Waals surface area contributed by atoms with Crippen LogP contribution < -0.4 is 0 Å². The fraction of sp³-hybridized carbons (Fsp3) is 0.471. The summed E-state index contributed by atoms with van der Waals surface area (Å²) in [7, 11) is 0. The van der Waals surface area contributed by atoms with Gasteiger partial charge in [0.25, 0.3) is 0 Å². The highest BCUT2D eigenvalue weighted by Gasteiger charge is 2.28. The van der Waals surface area contributed by atoms with Gasteiger partial charge in [-0.15, -0.1) is 0 Å². The average molecular weight is 286 g/mol. The first-order chi connectivity index (χ1) is 10.2. The largest absolute Gasteiger partial charge is 0.395 e. The molecule has 1 amide bonds. The molecule has 1 heterocycles. The Bertz CT molecular complexity index is 643. The lowest BCUT2D eigenvalue weighted by Crippen LogP contribution is -2.46. The first-order valence-corrected chi connectivity index (χ1v) is 7.67. The number of carbonyl (C=O) groups is 1. The third-order valence-corrected chi connectivity index (χ3v) is 4.53. The summed E-state index contributed by atoms with van der Waals surface area (Å²) in [5.74, 6) is 0.126. The summed E-state index contributed by atoms with van der Waals surface area (Å²) in [5, 5.41) is 10.3. The number of nitrogens with one attached hydrogen (secondary N) is 1. The normalized spacial score (nSPS) is 15.1. The highest BCUT2D eigenvalue weighted by Crippen LogP contribution is 2.27. The third kappa shape index (κ3) is 2.68. The van der Waals surface area contributed by atoms with Crippen molar-refractivity contribution in [1.29, 1.82) is 0 Å². The summed E-state index contributed by atoms with van der Waals surface area (Å²) < 4.78 is 0. The number of hydrogen-bond acceptors (Lipinski definition) is 2. The molecule has 1 fully saturated rings. The number of rotatable bonds is 5. The van der Waals surface area contributed by atoms with E-state index in [0.29, 0.717) is 19.0 Å². The van der Waals surface area contributed by atoms with Crippen molar-refractivity contribution in [3.63, 3.8) is 0 Å². The van der Waals surface area contributed by atoms with Gasteiger partial charge in [0.2, 0.25) is 5.91 Å². The van der Waals surface area contributed by atoms with Crippen molar-refractivity contribution in [2.45, 2.75) is 38.6 Å². The van der Waals surface area contributed by atoms with E-state index in [1.54, 1.807) is 0 Å². The molecule has 2 aromatic rings. The predicted molar refractivity (Wildman–Crippen MR) is 83.2 cm³/mol. The van der Waals surface area contributed by atoms with E-state index in [0.717, 1.165) is 35.0 Å². The van der Waals surface area contributed by atoms with Crippen LogP contribution in [0.4, 0.5) is 0 Å². The molecule has 0 spiro atoms. The van der Waals surface area contributed by atoms with Gasteiger partial charge in [-0.1, -0.05) is 18.2 Å². The Hall–Kier alpha value is -1.81. The Kier molecular flexibility index (Phi) is 3.97. The Morgan fingerprint density at radius 1 is 1.38 bits per heavy atom. The van der Waals surface area contributed by atoms with Gasteiger partial charge in [0.05, 0.1) is 13.0 Å². The van der Waals surface area contributed by atoms with Crippen LogP contribution in [0.2, 0.25) is 0 Å². The van der Waals surface area contributed by atoms with Crippen LogP contribution in [0.1, 0.15) is 30.5 Å². The summed E-state index contributed by atoms with van der Waals surface area (Å²) in [6.45, 7) is 2.50. The van der Waals surface area contributed by atoms with Crippen LogP contribution in [-0.4, -0.2) is 40.1 Å². The molecule has 0 bridgehead atoms. The molecule has 1 aliphatic rings. The molecule has 1 aromatic heterocycles. The van der Waals surface area contributed by atoms with E-state index < -0.39 is 0 Å². The van der Waals surface area contributed by atoms with Crippen molar-refractivity contribution in [3.8, 4) is 0 Å². The zero-order valence-electron chi connectivity index (χ0n) is 12.4. The average Bonchev–Trinajstić information content (AvgIpc) is 2.73. The van der Waals surface area contributed by atoms with Gasteiger partial charge in [-0.25, -0.2) is 0 Å². The number of para-hydroxylation sites is 1. The molecule has 0 atom stereocenters.